The van der Waals surface area contributed by atoms with Crippen molar-refractivity contribution in [2.75, 3.05) is 12.8 Å². The quantitative estimate of drug-likeness (QED) is 0.236. The molecule has 0 aliphatic carbocycles. The lowest BCUT2D eigenvalue weighted by Crippen LogP contribution is -2.44. The first-order chi connectivity index (χ1) is 14.1. The third kappa shape index (κ3) is 6.86. The molecule has 0 bridgehead atoms. The third-order valence-corrected chi connectivity index (χ3v) is 6.72. The summed E-state index contributed by atoms with van der Waals surface area (Å²) in [6.07, 6.45) is -27.1. The summed E-state index contributed by atoms with van der Waals surface area (Å²) < 4.78 is 174. The summed E-state index contributed by atoms with van der Waals surface area (Å²) in [7, 11) is -4.39. The molecule has 6 atom stereocenters. The van der Waals surface area contributed by atoms with Gasteiger partial charge in [0, 0.05) is 19.4 Å². The number of hydrogen-bond acceptors (Lipinski definition) is 0. The highest BCUT2D eigenvalue weighted by molar-refractivity contribution is 7.66. The fourth-order valence-electron chi connectivity index (χ4n) is 2.49. The van der Waals surface area contributed by atoms with E-state index in [0.717, 1.165) is 0 Å². The van der Waals surface area contributed by atoms with Crippen LogP contribution in [0.5, 0.6) is 0 Å². The van der Waals surface area contributed by atoms with Crippen molar-refractivity contribution in [3.63, 3.8) is 0 Å². The Kier molecular flexibility index (Phi) is 9.90. The van der Waals surface area contributed by atoms with E-state index < -0.39 is 93.2 Å². The second-order valence-electron chi connectivity index (χ2n) is 6.44. The summed E-state index contributed by atoms with van der Waals surface area (Å²) in [6, 6.07) is 0.480. The van der Waals surface area contributed by atoms with Gasteiger partial charge in [-0.3, -0.25) is 4.39 Å². The Morgan fingerprint density at radius 3 is 1.87 bits per heavy atom. The predicted molar refractivity (Wildman–Crippen MR) is 88.5 cm³/mol. The zero-order valence-corrected chi connectivity index (χ0v) is 16.2. The highest BCUT2D eigenvalue weighted by Crippen LogP contribution is 2.60. The van der Waals surface area contributed by atoms with E-state index in [9.17, 15) is 57.1 Å². The summed E-state index contributed by atoms with van der Waals surface area (Å²) in [5.41, 5.74) is -5.86. The molecule has 0 fully saturated rings. The van der Waals surface area contributed by atoms with Crippen LogP contribution in [0.25, 0.3) is 0 Å². The highest BCUT2D eigenvalue weighted by atomic mass is 31.1. The first-order valence-corrected chi connectivity index (χ1v) is 10.1. The van der Waals surface area contributed by atoms with Crippen LogP contribution in [0, 0.1) is 11.6 Å². The molecule has 0 aliphatic heterocycles. The van der Waals surface area contributed by atoms with Gasteiger partial charge in [0.1, 0.15) is 24.0 Å². The molecule has 0 saturated heterocycles. The summed E-state index contributed by atoms with van der Waals surface area (Å²) in [6.45, 7) is -1.13. The maximum Gasteiger partial charge on any atom is 0.457 e. The minimum absolute atomic E-state index is 0.0694. The first-order valence-electron chi connectivity index (χ1n) is 8.58. The molecule has 0 aliphatic rings. The van der Waals surface area contributed by atoms with E-state index in [-0.39, 0.29) is 12.1 Å². The van der Waals surface area contributed by atoms with E-state index in [1.54, 1.807) is 0 Å². The SMILES string of the molecule is FCCCC(F)C(F)C(F)C(F)C(F)CP(c1cc(F)ccc1F)C(F)(F)C(F)(F)F. The van der Waals surface area contributed by atoms with Gasteiger partial charge >= 0.3 is 11.8 Å². The van der Waals surface area contributed by atoms with Crippen molar-refractivity contribution < 1.29 is 57.1 Å². The fourth-order valence-corrected chi connectivity index (χ4v) is 4.69. The fraction of sp³-hybridized carbons (Fsp3) is 0.647. The van der Waals surface area contributed by atoms with Crippen LogP contribution in [0.15, 0.2) is 18.2 Å². The van der Waals surface area contributed by atoms with Crippen LogP contribution in [0.4, 0.5) is 57.1 Å². The molecule has 0 aromatic heterocycles. The Hall–Kier alpha value is -1.26. The normalized spacial score (nSPS) is 18.9. The first kappa shape index (κ1) is 27.8. The number of hydrogen-bond donors (Lipinski definition) is 0. The summed E-state index contributed by atoms with van der Waals surface area (Å²) in [4.78, 5) is 0. The minimum Gasteiger partial charge on any atom is -0.251 e. The molecule has 31 heavy (non-hydrogen) atoms. The molecule has 14 heteroatoms. The predicted octanol–water partition coefficient (Wildman–Crippen LogP) is 6.67. The van der Waals surface area contributed by atoms with Gasteiger partial charge in [-0.15, -0.1) is 0 Å². The van der Waals surface area contributed by atoms with Crippen LogP contribution in [0.1, 0.15) is 12.8 Å². The Morgan fingerprint density at radius 2 is 1.35 bits per heavy atom. The van der Waals surface area contributed by atoms with Gasteiger partial charge in [-0.2, -0.15) is 22.0 Å². The molecule has 0 spiro atoms. The van der Waals surface area contributed by atoms with Gasteiger partial charge in [-0.05, 0) is 31.0 Å². The largest absolute Gasteiger partial charge is 0.457 e. The van der Waals surface area contributed by atoms with E-state index in [0.29, 0.717) is 6.07 Å². The average Bonchev–Trinajstić information content (AvgIpc) is 2.69. The van der Waals surface area contributed by atoms with Crippen LogP contribution in [-0.2, 0) is 0 Å². The zero-order chi connectivity index (χ0) is 24.1. The summed E-state index contributed by atoms with van der Waals surface area (Å²) in [5.74, 6) is -3.25. The highest BCUT2D eigenvalue weighted by Gasteiger charge is 2.63. The average molecular weight is 498 g/mol. The molecule has 0 saturated carbocycles. The van der Waals surface area contributed by atoms with E-state index in [1.807, 2.05) is 0 Å². The van der Waals surface area contributed by atoms with E-state index in [4.69, 9.17) is 0 Å². The molecule has 0 radical (unpaired) electrons. The topological polar surface area (TPSA) is 0 Å². The van der Waals surface area contributed by atoms with Crippen LogP contribution in [-0.4, -0.2) is 55.5 Å². The van der Waals surface area contributed by atoms with Crippen LogP contribution in [0.2, 0.25) is 0 Å². The molecule has 1 aromatic rings. The van der Waals surface area contributed by atoms with Gasteiger partial charge in [0.15, 0.2) is 18.5 Å². The van der Waals surface area contributed by atoms with Crippen molar-refractivity contribution in [2.45, 2.75) is 55.5 Å². The van der Waals surface area contributed by atoms with Gasteiger partial charge in [0.25, 0.3) is 0 Å². The van der Waals surface area contributed by atoms with Gasteiger partial charge in [0.2, 0.25) is 0 Å². The van der Waals surface area contributed by atoms with Gasteiger partial charge in [-0.1, -0.05) is 0 Å². The lowest BCUT2D eigenvalue weighted by Gasteiger charge is -2.31. The number of rotatable bonds is 11. The molecule has 0 heterocycles. The molecule has 6 unspecified atom stereocenters. The second-order valence-corrected chi connectivity index (χ2v) is 8.71. The van der Waals surface area contributed by atoms with E-state index in [2.05, 4.69) is 0 Å². The lowest BCUT2D eigenvalue weighted by atomic mass is 10.0. The standard InChI is InChI=1S/C17H16F13P/c18-5-1-2-10(21)13(23)15(25)14(24)11(22)7-31(17(29,30)16(26,27)28)12-6-8(19)3-4-9(12)20/h3-4,6,10-11,13-15H,1-2,5,7H2. The van der Waals surface area contributed by atoms with Crippen molar-refractivity contribution in [3.8, 4) is 0 Å². The third-order valence-electron chi connectivity index (χ3n) is 4.15. The molecular weight excluding hydrogens is 482 g/mol. The smallest absolute Gasteiger partial charge is 0.251 e. The zero-order valence-electron chi connectivity index (χ0n) is 15.3. The Labute approximate surface area is 169 Å². The van der Waals surface area contributed by atoms with Gasteiger partial charge in [0.05, 0.1) is 6.67 Å². The van der Waals surface area contributed by atoms with Gasteiger partial charge < -0.3 is 0 Å². The maximum atomic E-state index is 14.1. The van der Waals surface area contributed by atoms with Crippen molar-refractivity contribution in [3.05, 3.63) is 29.8 Å². The van der Waals surface area contributed by atoms with Crippen molar-refractivity contribution in [2.24, 2.45) is 0 Å². The molecule has 0 nitrogen and oxygen atoms in total. The molecule has 1 aromatic carbocycles. The summed E-state index contributed by atoms with van der Waals surface area (Å²) in [5, 5.41) is -1.61. The van der Waals surface area contributed by atoms with E-state index >= 15 is 0 Å². The molecule has 180 valence electrons. The maximum absolute atomic E-state index is 14.1. The molecule has 0 N–H and O–H groups in total. The number of benzene rings is 1. The minimum atomic E-state index is -6.39. The van der Waals surface area contributed by atoms with Crippen LogP contribution < -0.4 is 5.30 Å². The molecular formula is C17H16F13P. The Morgan fingerprint density at radius 1 is 0.806 bits per heavy atom. The van der Waals surface area contributed by atoms with Crippen molar-refractivity contribution in [1.29, 1.82) is 0 Å². The van der Waals surface area contributed by atoms with Crippen molar-refractivity contribution in [1.82, 2.24) is 0 Å². The summed E-state index contributed by atoms with van der Waals surface area (Å²) >= 11 is 0. The van der Waals surface area contributed by atoms with Gasteiger partial charge in [-0.25, -0.2) is 30.7 Å². The Bertz CT molecular complexity index is 695. The number of halogens is 13. The molecule has 1 rings (SSSR count). The van der Waals surface area contributed by atoms with E-state index in [1.165, 1.54) is 0 Å². The van der Waals surface area contributed by atoms with Crippen LogP contribution >= 0.6 is 7.92 Å². The monoisotopic (exact) mass is 498 g/mol. The van der Waals surface area contributed by atoms with Crippen LogP contribution in [0.3, 0.4) is 0 Å². The molecule has 0 amide bonds. The number of alkyl halides is 11. The Balaban J connectivity index is 3.18. The van der Waals surface area contributed by atoms with Crippen molar-refractivity contribution >= 4 is 13.2 Å². The lowest BCUT2D eigenvalue weighted by molar-refractivity contribution is -0.240. The second kappa shape index (κ2) is 11.0.